The van der Waals surface area contributed by atoms with Crippen LogP contribution in [0.1, 0.15) is 40.5 Å². The third-order valence-electron chi connectivity index (χ3n) is 2.26. The van der Waals surface area contributed by atoms with Crippen LogP contribution in [0.25, 0.3) is 0 Å². The SMILES string of the molecule is C=C(CC(=O)O)C(=O)OC(C)OC(C)(C)CC. The second-order valence-electron chi connectivity index (χ2n) is 4.38. The molecule has 0 aliphatic heterocycles. The third-order valence-corrected chi connectivity index (χ3v) is 2.26. The number of ether oxygens (including phenoxy) is 2. The lowest BCUT2D eigenvalue weighted by Crippen LogP contribution is -2.31. The van der Waals surface area contributed by atoms with E-state index in [1.807, 2.05) is 20.8 Å². The van der Waals surface area contributed by atoms with Gasteiger partial charge in [-0.2, -0.15) is 0 Å². The van der Waals surface area contributed by atoms with Gasteiger partial charge in [-0.15, -0.1) is 0 Å². The van der Waals surface area contributed by atoms with E-state index in [1.54, 1.807) is 6.92 Å². The van der Waals surface area contributed by atoms with Crippen LogP contribution in [-0.4, -0.2) is 28.9 Å². The van der Waals surface area contributed by atoms with Gasteiger partial charge in [-0.25, -0.2) is 4.79 Å². The highest BCUT2D eigenvalue weighted by Gasteiger charge is 2.22. The van der Waals surface area contributed by atoms with E-state index in [0.29, 0.717) is 0 Å². The van der Waals surface area contributed by atoms with Gasteiger partial charge in [0.15, 0.2) is 0 Å². The molecule has 0 saturated carbocycles. The van der Waals surface area contributed by atoms with Gasteiger partial charge in [0.1, 0.15) is 0 Å². The summed E-state index contributed by atoms with van der Waals surface area (Å²) in [5, 5.41) is 8.49. The first-order chi connectivity index (χ1) is 7.68. The summed E-state index contributed by atoms with van der Waals surface area (Å²) >= 11 is 0. The van der Waals surface area contributed by atoms with E-state index in [-0.39, 0.29) is 5.57 Å². The Morgan fingerprint density at radius 1 is 1.41 bits per heavy atom. The molecule has 1 N–H and O–H groups in total. The van der Waals surface area contributed by atoms with E-state index in [2.05, 4.69) is 6.58 Å². The Morgan fingerprint density at radius 3 is 2.35 bits per heavy atom. The predicted molar refractivity (Wildman–Crippen MR) is 62.4 cm³/mol. The first-order valence-corrected chi connectivity index (χ1v) is 5.46. The standard InChI is InChI=1S/C12H20O5/c1-6-12(4,5)17-9(3)16-11(15)8(2)7-10(13)14/h9H,2,6-7H2,1,3-5H3,(H,13,14). The lowest BCUT2D eigenvalue weighted by Gasteiger charge is -2.27. The molecule has 0 aromatic rings. The number of rotatable bonds is 7. The number of carboxylic acid groups (broad SMARTS) is 1. The zero-order chi connectivity index (χ0) is 13.6. The van der Waals surface area contributed by atoms with Crippen molar-refractivity contribution in [3.8, 4) is 0 Å². The maximum atomic E-state index is 11.4. The summed E-state index contributed by atoms with van der Waals surface area (Å²) in [6, 6.07) is 0. The molecule has 5 nitrogen and oxygen atoms in total. The highest BCUT2D eigenvalue weighted by atomic mass is 16.7. The Bertz CT molecular complexity index is 306. The highest BCUT2D eigenvalue weighted by molar-refractivity contribution is 5.92. The average Bonchev–Trinajstić information content (AvgIpc) is 2.15. The monoisotopic (exact) mass is 244 g/mol. The normalized spacial score (nSPS) is 12.9. The molecule has 0 radical (unpaired) electrons. The van der Waals surface area contributed by atoms with E-state index in [4.69, 9.17) is 14.6 Å². The Kier molecular flexibility index (Phi) is 5.88. The fourth-order valence-corrected chi connectivity index (χ4v) is 1.05. The largest absolute Gasteiger partial charge is 0.481 e. The molecule has 5 heteroatoms. The number of hydrogen-bond donors (Lipinski definition) is 1. The molecule has 17 heavy (non-hydrogen) atoms. The van der Waals surface area contributed by atoms with Crippen molar-refractivity contribution >= 4 is 11.9 Å². The van der Waals surface area contributed by atoms with E-state index in [0.717, 1.165) is 6.42 Å². The maximum absolute atomic E-state index is 11.4. The minimum absolute atomic E-state index is 0.0951. The first-order valence-electron chi connectivity index (χ1n) is 5.46. The predicted octanol–water partition coefficient (Wildman–Crippen LogP) is 2.11. The lowest BCUT2D eigenvalue weighted by atomic mass is 10.1. The third kappa shape index (κ3) is 6.73. The number of esters is 1. The summed E-state index contributed by atoms with van der Waals surface area (Å²) in [5.74, 6) is -1.86. The smallest absolute Gasteiger partial charge is 0.336 e. The van der Waals surface area contributed by atoms with E-state index >= 15 is 0 Å². The van der Waals surface area contributed by atoms with Crippen LogP contribution in [0.4, 0.5) is 0 Å². The molecule has 0 aliphatic rings. The molecule has 0 aromatic carbocycles. The molecule has 98 valence electrons. The van der Waals surface area contributed by atoms with Crippen LogP contribution in [0.15, 0.2) is 12.2 Å². The van der Waals surface area contributed by atoms with Crippen LogP contribution >= 0.6 is 0 Å². The van der Waals surface area contributed by atoms with Crippen LogP contribution < -0.4 is 0 Å². The molecule has 1 unspecified atom stereocenters. The molecule has 0 saturated heterocycles. The molecule has 1 atom stereocenters. The zero-order valence-corrected chi connectivity index (χ0v) is 10.8. The molecule has 0 amide bonds. The van der Waals surface area contributed by atoms with Gasteiger partial charge in [-0.05, 0) is 27.2 Å². The molecular formula is C12H20O5. The Balaban J connectivity index is 4.21. The van der Waals surface area contributed by atoms with Crippen molar-refractivity contribution in [1.29, 1.82) is 0 Å². The van der Waals surface area contributed by atoms with Crippen molar-refractivity contribution in [1.82, 2.24) is 0 Å². The van der Waals surface area contributed by atoms with E-state index in [1.165, 1.54) is 0 Å². The van der Waals surface area contributed by atoms with Gasteiger partial charge >= 0.3 is 11.9 Å². The van der Waals surface area contributed by atoms with Crippen LogP contribution in [0, 0.1) is 0 Å². The molecule has 0 bridgehead atoms. The lowest BCUT2D eigenvalue weighted by molar-refractivity contribution is -0.197. The molecule has 0 fully saturated rings. The number of aliphatic carboxylic acids is 1. The zero-order valence-electron chi connectivity index (χ0n) is 10.8. The number of carbonyl (C=O) groups excluding carboxylic acids is 1. The molecule has 0 spiro atoms. The quantitative estimate of drug-likeness (QED) is 0.422. The molecule has 0 heterocycles. The van der Waals surface area contributed by atoms with Gasteiger partial charge < -0.3 is 14.6 Å². The second kappa shape index (κ2) is 6.39. The van der Waals surface area contributed by atoms with Gasteiger partial charge in [-0.1, -0.05) is 13.5 Å². The summed E-state index contributed by atoms with van der Waals surface area (Å²) in [5.41, 5.74) is -0.490. The van der Waals surface area contributed by atoms with Gasteiger partial charge in [0.25, 0.3) is 0 Å². The van der Waals surface area contributed by atoms with Crippen molar-refractivity contribution < 1.29 is 24.2 Å². The minimum Gasteiger partial charge on any atom is -0.481 e. The number of carboxylic acids is 1. The van der Waals surface area contributed by atoms with Crippen LogP contribution in [0.2, 0.25) is 0 Å². The Labute approximate surface area is 101 Å². The summed E-state index contributed by atoms with van der Waals surface area (Å²) in [4.78, 5) is 21.8. The van der Waals surface area contributed by atoms with Crippen molar-refractivity contribution in [2.45, 2.75) is 52.4 Å². The summed E-state index contributed by atoms with van der Waals surface area (Å²) in [6.07, 6.45) is -0.392. The molecule has 0 rings (SSSR count). The second-order valence-corrected chi connectivity index (χ2v) is 4.38. The van der Waals surface area contributed by atoms with Gasteiger partial charge in [0, 0.05) is 5.57 Å². The van der Waals surface area contributed by atoms with Crippen LogP contribution in [0.3, 0.4) is 0 Å². The summed E-state index contributed by atoms with van der Waals surface area (Å²) in [6.45, 7) is 10.7. The summed E-state index contributed by atoms with van der Waals surface area (Å²) < 4.78 is 10.4. The Morgan fingerprint density at radius 2 is 1.94 bits per heavy atom. The van der Waals surface area contributed by atoms with Crippen molar-refractivity contribution in [3.63, 3.8) is 0 Å². The Hall–Kier alpha value is -1.36. The fraction of sp³-hybridized carbons (Fsp3) is 0.667. The topological polar surface area (TPSA) is 72.8 Å². The number of carbonyl (C=O) groups is 2. The summed E-state index contributed by atoms with van der Waals surface area (Å²) in [7, 11) is 0. The van der Waals surface area contributed by atoms with Crippen molar-refractivity contribution in [3.05, 3.63) is 12.2 Å². The highest BCUT2D eigenvalue weighted by Crippen LogP contribution is 2.17. The first kappa shape index (κ1) is 15.6. The molecular weight excluding hydrogens is 224 g/mol. The maximum Gasteiger partial charge on any atom is 0.336 e. The van der Waals surface area contributed by atoms with Crippen molar-refractivity contribution in [2.75, 3.05) is 0 Å². The molecule has 0 aliphatic carbocycles. The van der Waals surface area contributed by atoms with Crippen molar-refractivity contribution in [2.24, 2.45) is 0 Å². The molecule has 0 aromatic heterocycles. The van der Waals surface area contributed by atoms with Crippen LogP contribution in [0.5, 0.6) is 0 Å². The van der Waals surface area contributed by atoms with Crippen LogP contribution in [-0.2, 0) is 19.1 Å². The van der Waals surface area contributed by atoms with E-state index in [9.17, 15) is 9.59 Å². The fourth-order valence-electron chi connectivity index (χ4n) is 1.05. The van der Waals surface area contributed by atoms with E-state index < -0.39 is 30.3 Å². The van der Waals surface area contributed by atoms with Gasteiger partial charge in [-0.3, -0.25) is 4.79 Å². The number of hydrogen-bond acceptors (Lipinski definition) is 4. The minimum atomic E-state index is -1.12. The van der Waals surface area contributed by atoms with Gasteiger partial charge in [0.05, 0.1) is 12.0 Å². The average molecular weight is 244 g/mol. The van der Waals surface area contributed by atoms with Gasteiger partial charge in [0.2, 0.25) is 6.29 Å².